The van der Waals surface area contributed by atoms with Gasteiger partial charge in [0, 0.05) is 25.6 Å². The van der Waals surface area contributed by atoms with Crippen LogP contribution in [0.3, 0.4) is 0 Å². The van der Waals surface area contributed by atoms with Crippen molar-refractivity contribution in [2.45, 2.75) is 24.7 Å². The minimum Gasteiger partial charge on any atom is -0.396 e. The molecule has 0 heterocycles. The molecule has 1 fully saturated rings. The Kier molecular flexibility index (Phi) is 6.07. The molecule has 1 aliphatic carbocycles. The standard InChI is InChI=1S/C21H26N2O2/c24-12-11-18(16-7-3-1-4-8-16)14-22-21(25)23-15-19-13-20(19)17-9-5-2-6-10-17/h1-10,18-20,24H,11-15H2,(H2,22,23,25). The molecule has 0 saturated heterocycles. The lowest BCUT2D eigenvalue weighted by molar-refractivity contribution is 0.237. The van der Waals surface area contributed by atoms with Crippen LogP contribution in [0.5, 0.6) is 0 Å². The van der Waals surface area contributed by atoms with Crippen molar-refractivity contribution < 1.29 is 9.90 Å². The normalized spacial score (nSPS) is 19.9. The van der Waals surface area contributed by atoms with Gasteiger partial charge in [0.25, 0.3) is 0 Å². The number of nitrogens with one attached hydrogen (secondary N) is 2. The van der Waals surface area contributed by atoms with Crippen molar-refractivity contribution in [3.05, 3.63) is 71.8 Å². The molecule has 2 aromatic rings. The van der Waals surface area contributed by atoms with Crippen LogP contribution < -0.4 is 10.6 Å². The maximum absolute atomic E-state index is 12.1. The van der Waals surface area contributed by atoms with Crippen molar-refractivity contribution in [3.63, 3.8) is 0 Å². The smallest absolute Gasteiger partial charge is 0.314 e. The van der Waals surface area contributed by atoms with Crippen LogP contribution in [0.2, 0.25) is 0 Å². The number of carbonyl (C=O) groups excluding carboxylic acids is 1. The van der Waals surface area contributed by atoms with Gasteiger partial charge in [-0.05, 0) is 35.8 Å². The molecule has 4 heteroatoms. The van der Waals surface area contributed by atoms with Crippen LogP contribution in [-0.4, -0.2) is 30.8 Å². The van der Waals surface area contributed by atoms with E-state index < -0.39 is 0 Å². The molecule has 0 bridgehead atoms. The highest BCUT2D eigenvalue weighted by molar-refractivity contribution is 5.73. The number of rotatable bonds is 8. The first-order valence-electron chi connectivity index (χ1n) is 9.00. The van der Waals surface area contributed by atoms with Crippen LogP contribution in [0.25, 0.3) is 0 Å². The Hall–Kier alpha value is -2.33. The first kappa shape index (κ1) is 17.5. The average molecular weight is 338 g/mol. The Balaban J connectivity index is 1.41. The van der Waals surface area contributed by atoms with Crippen LogP contribution >= 0.6 is 0 Å². The Bertz CT molecular complexity index is 660. The minimum atomic E-state index is -0.127. The third-order valence-electron chi connectivity index (χ3n) is 4.93. The zero-order chi connectivity index (χ0) is 17.5. The number of hydrogen-bond acceptors (Lipinski definition) is 2. The molecule has 1 aliphatic rings. The number of aliphatic hydroxyl groups is 1. The Morgan fingerprint density at radius 3 is 2.40 bits per heavy atom. The highest BCUT2D eigenvalue weighted by atomic mass is 16.3. The zero-order valence-corrected chi connectivity index (χ0v) is 14.4. The molecule has 3 atom stereocenters. The van der Waals surface area contributed by atoms with Gasteiger partial charge in [-0.15, -0.1) is 0 Å². The van der Waals surface area contributed by atoms with E-state index in [1.807, 2.05) is 36.4 Å². The second-order valence-corrected chi connectivity index (χ2v) is 6.72. The van der Waals surface area contributed by atoms with E-state index in [4.69, 9.17) is 0 Å². The first-order valence-corrected chi connectivity index (χ1v) is 9.00. The summed E-state index contributed by atoms with van der Waals surface area (Å²) in [6.45, 7) is 1.36. The molecule has 2 amide bonds. The summed E-state index contributed by atoms with van der Waals surface area (Å²) in [6.07, 6.45) is 1.78. The van der Waals surface area contributed by atoms with Gasteiger partial charge in [-0.1, -0.05) is 60.7 Å². The van der Waals surface area contributed by atoms with Gasteiger partial charge in [0.05, 0.1) is 0 Å². The number of hydrogen-bond donors (Lipinski definition) is 3. The van der Waals surface area contributed by atoms with E-state index in [1.54, 1.807) is 0 Å². The molecule has 0 spiro atoms. The fraction of sp³-hybridized carbons (Fsp3) is 0.381. The van der Waals surface area contributed by atoms with Crippen molar-refractivity contribution in [1.82, 2.24) is 10.6 Å². The van der Waals surface area contributed by atoms with Crippen molar-refractivity contribution >= 4 is 6.03 Å². The fourth-order valence-electron chi connectivity index (χ4n) is 3.35. The van der Waals surface area contributed by atoms with Gasteiger partial charge >= 0.3 is 6.03 Å². The highest BCUT2D eigenvalue weighted by Crippen LogP contribution is 2.46. The van der Waals surface area contributed by atoms with E-state index >= 15 is 0 Å². The molecule has 3 rings (SSSR count). The molecular formula is C21H26N2O2. The summed E-state index contributed by atoms with van der Waals surface area (Å²) in [4.78, 5) is 12.1. The lowest BCUT2D eigenvalue weighted by atomic mass is 9.96. The van der Waals surface area contributed by atoms with Crippen LogP contribution in [0.1, 0.15) is 35.8 Å². The third kappa shape index (κ3) is 5.07. The Labute approximate surface area is 149 Å². The number of benzene rings is 2. The monoisotopic (exact) mass is 338 g/mol. The Morgan fingerprint density at radius 1 is 1.04 bits per heavy atom. The summed E-state index contributed by atoms with van der Waals surface area (Å²) in [5.41, 5.74) is 2.50. The molecule has 3 N–H and O–H groups in total. The van der Waals surface area contributed by atoms with Crippen molar-refractivity contribution in [3.8, 4) is 0 Å². The van der Waals surface area contributed by atoms with Crippen LogP contribution in [-0.2, 0) is 0 Å². The third-order valence-corrected chi connectivity index (χ3v) is 4.93. The predicted molar refractivity (Wildman–Crippen MR) is 99.6 cm³/mol. The van der Waals surface area contributed by atoms with E-state index in [0.29, 0.717) is 31.3 Å². The molecule has 0 aromatic heterocycles. The zero-order valence-electron chi connectivity index (χ0n) is 14.4. The number of urea groups is 1. The average Bonchev–Trinajstić information content (AvgIpc) is 3.44. The van der Waals surface area contributed by atoms with Crippen LogP contribution in [0.4, 0.5) is 4.79 Å². The summed E-state index contributed by atoms with van der Waals surface area (Å²) >= 11 is 0. The van der Waals surface area contributed by atoms with Crippen molar-refractivity contribution in [2.24, 2.45) is 5.92 Å². The summed E-state index contributed by atoms with van der Waals surface area (Å²) in [5.74, 6) is 1.25. The molecule has 3 unspecified atom stereocenters. The van der Waals surface area contributed by atoms with Gasteiger partial charge < -0.3 is 15.7 Å². The van der Waals surface area contributed by atoms with E-state index in [1.165, 1.54) is 5.56 Å². The van der Waals surface area contributed by atoms with E-state index in [9.17, 15) is 9.90 Å². The van der Waals surface area contributed by atoms with E-state index in [-0.39, 0.29) is 18.6 Å². The van der Waals surface area contributed by atoms with Gasteiger partial charge in [0.15, 0.2) is 0 Å². The maximum atomic E-state index is 12.1. The van der Waals surface area contributed by atoms with Gasteiger partial charge in [-0.3, -0.25) is 0 Å². The molecular weight excluding hydrogens is 312 g/mol. The predicted octanol–water partition coefficient (Wildman–Crippen LogP) is 3.26. The first-order chi connectivity index (χ1) is 12.3. The maximum Gasteiger partial charge on any atom is 0.314 e. The van der Waals surface area contributed by atoms with Crippen LogP contribution in [0, 0.1) is 5.92 Å². The second-order valence-electron chi connectivity index (χ2n) is 6.72. The second kappa shape index (κ2) is 8.67. The van der Waals surface area contributed by atoms with Gasteiger partial charge in [0.1, 0.15) is 0 Å². The molecule has 1 saturated carbocycles. The van der Waals surface area contributed by atoms with E-state index in [2.05, 4.69) is 34.9 Å². The lowest BCUT2D eigenvalue weighted by Gasteiger charge is -2.17. The minimum absolute atomic E-state index is 0.115. The summed E-state index contributed by atoms with van der Waals surface area (Å²) < 4.78 is 0. The molecule has 4 nitrogen and oxygen atoms in total. The van der Waals surface area contributed by atoms with Crippen molar-refractivity contribution in [2.75, 3.05) is 19.7 Å². The molecule has 0 aliphatic heterocycles. The fourth-order valence-corrected chi connectivity index (χ4v) is 3.35. The highest BCUT2D eigenvalue weighted by Gasteiger charge is 2.37. The summed E-state index contributed by atoms with van der Waals surface area (Å²) in [5, 5.41) is 15.2. The van der Waals surface area contributed by atoms with Gasteiger partial charge in [-0.25, -0.2) is 4.79 Å². The number of carbonyl (C=O) groups is 1. The molecule has 0 radical (unpaired) electrons. The topological polar surface area (TPSA) is 61.4 Å². The molecule has 132 valence electrons. The largest absolute Gasteiger partial charge is 0.396 e. The quantitative estimate of drug-likeness (QED) is 0.692. The van der Waals surface area contributed by atoms with Gasteiger partial charge in [-0.2, -0.15) is 0 Å². The Morgan fingerprint density at radius 2 is 1.72 bits per heavy atom. The summed E-state index contributed by atoms with van der Waals surface area (Å²) in [7, 11) is 0. The lowest BCUT2D eigenvalue weighted by Crippen LogP contribution is -2.39. The molecule has 25 heavy (non-hydrogen) atoms. The summed E-state index contributed by atoms with van der Waals surface area (Å²) in [6, 6.07) is 20.4. The number of aliphatic hydroxyl groups excluding tert-OH is 1. The number of amides is 2. The van der Waals surface area contributed by atoms with Crippen LogP contribution in [0.15, 0.2) is 60.7 Å². The SMILES string of the molecule is O=C(NCC(CCO)c1ccccc1)NCC1CC1c1ccccc1. The molecule has 2 aromatic carbocycles. The van der Waals surface area contributed by atoms with Gasteiger partial charge in [0.2, 0.25) is 0 Å². The van der Waals surface area contributed by atoms with E-state index in [0.717, 1.165) is 12.0 Å². The van der Waals surface area contributed by atoms with Crippen molar-refractivity contribution in [1.29, 1.82) is 0 Å².